The van der Waals surface area contributed by atoms with Crippen LogP contribution < -0.4 is 5.32 Å². The molecule has 2 nitrogen and oxygen atoms in total. The number of benzene rings is 1. The van der Waals surface area contributed by atoms with Gasteiger partial charge in [0, 0.05) is 12.6 Å². The Morgan fingerprint density at radius 3 is 2.61 bits per heavy atom. The van der Waals surface area contributed by atoms with Crippen molar-refractivity contribution in [2.24, 2.45) is 5.92 Å². The van der Waals surface area contributed by atoms with Gasteiger partial charge in [0.2, 0.25) is 0 Å². The summed E-state index contributed by atoms with van der Waals surface area (Å²) in [6.07, 6.45) is 0.758. The highest BCUT2D eigenvalue weighted by molar-refractivity contribution is 6.20. The number of halogens is 3. The van der Waals surface area contributed by atoms with Gasteiger partial charge in [-0.2, -0.15) is 0 Å². The third kappa shape index (κ3) is 4.61. The predicted molar refractivity (Wildman–Crippen MR) is 67.8 cm³/mol. The molecule has 0 radical (unpaired) electrons. The van der Waals surface area contributed by atoms with E-state index in [2.05, 4.69) is 5.32 Å². The minimum absolute atomic E-state index is 0.176. The fourth-order valence-corrected chi connectivity index (χ4v) is 2.00. The molecule has 1 atom stereocenters. The average Bonchev–Trinajstić information content (AvgIpc) is 2.25. The van der Waals surface area contributed by atoms with Gasteiger partial charge in [0.05, 0.1) is 10.9 Å². The highest BCUT2D eigenvalue weighted by atomic mass is 35.5. The summed E-state index contributed by atoms with van der Waals surface area (Å²) in [7, 11) is 0. The monoisotopic (exact) mass is 275 g/mol. The van der Waals surface area contributed by atoms with E-state index in [0.717, 1.165) is 18.6 Å². The number of amides is 1. The summed E-state index contributed by atoms with van der Waals surface area (Å²) in [5.74, 6) is -1.74. The van der Waals surface area contributed by atoms with Crippen molar-refractivity contribution in [2.75, 3.05) is 6.54 Å². The Morgan fingerprint density at radius 2 is 2.06 bits per heavy atom. The standard InChI is InChI=1S/C13H16ClF2NO/c1-8(2)5-9(14)7-17-13(18)11-4-3-10(15)6-12(11)16/h3-4,6,8-9H,5,7H2,1-2H3,(H,17,18). The molecule has 0 heterocycles. The van der Waals surface area contributed by atoms with Crippen molar-refractivity contribution in [3.05, 3.63) is 35.4 Å². The zero-order chi connectivity index (χ0) is 13.7. The Kier molecular flexibility index (Phi) is 5.54. The fraction of sp³-hybridized carbons (Fsp3) is 0.462. The Bertz CT molecular complexity index is 423. The molecule has 5 heteroatoms. The molecule has 1 amide bonds. The van der Waals surface area contributed by atoms with Gasteiger partial charge in [-0.1, -0.05) is 13.8 Å². The first-order chi connectivity index (χ1) is 8.40. The minimum Gasteiger partial charge on any atom is -0.350 e. The van der Waals surface area contributed by atoms with Crippen LogP contribution in [0.4, 0.5) is 8.78 Å². The van der Waals surface area contributed by atoms with Gasteiger partial charge in [-0.25, -0.2) is 8.78 Å². The van der Waals surface area contributed by atoms with Gasteiger partial charge in [-0.15, -0.1) is 11.6 Å². The second kappa shape index (κ2) is 6.69. The molecule has 1 N–H and O–H groups in total. The Balaban J connectivity index is 2.55. The summed E-state index contributed by atoms with van der Waals surface area (Å²) in [5, 5.41) is 2.33. The van der Waals surface area contributed by atoms with E-state index in [0.29, 0.717) is 12.0 Å². The van der Waals surface area contributed by atoms with Crippen LogP contribution in [-0.4, -0.2) is 17.8 Å². The van der Waals surface area contributed by atoms with Gasteiger partial charge in [0.15, 0.2) is 0 Å². The zero-order valence-electron chi connectivity index (χ0n) is 10.3. The molecule has 0 aromatic heterocycles. The summed E-state index contributed by atoms with van der Waals surface area (Å²) in [4.78, 5) is 11.6. The molecule has 0 aliphatic carbocycles. The molecule has 0 bridgehead atoms. The molecule has 0 fully saturated rings. The first-order valence-corrected chi connectivity index (χ1v) is 6.21. The largest absolute Gasteiger partial charge is 0.350 e. The molecular formula is C13H16ClF2NO. The third-order valence-electron chi connectivity index (χ3n) is 2.39. The summed E-state index contributed by atoms with van der Waals surface area (Å²) in [5.41, 5.74) is -0.176. The molecule has 0 spiro atoms. The topological polar surface area (TPSA) is 29.1 Å². The van der Waals surface area contributed by atoms with E-state index in [1.54, 1.807) is 0 Å². The molecular weight excluding hydrogens is 260 g/mol. The van der Waals surface area contributed by atoms with E-state index in [-0.39, 0.29) is 17.5 Å². The zero-order valence-corrected chi connectivity index (χ0v) is 11.1. The van der Waals surface area contributed by atoms with Crippen LogP contribution in [0.15, 0.2) is 18.2 Å². The molecule has 1 rings (SSSR count). The van der Waals surface area contributed by atoms with Crippen LogP contribution >= 0.6 is 11.6 Å². The van der Waals surface area contributed by atoms with Gasteiger partial charge < -0.3 is 5.32 Å². The normalized spacial score (nSPS) is 12.6. The molecule has 0 saturated carbocycles. The molecule has 0 aliphatic rings. The van der Waals surface area contributed by atoms with Gasteiger partial charge in [0.1, 0.15) is 11.6 Å². The molecule has 1 unspecified atom stereocenters. The lowest BCUT2D eigenvalue weighted by molar-refractivity contribution is 0.0948. The summed E-state index contributed by atoms with van der Waals surface area (Å²) in [6.45, 7) is 4.31. The van der Waals surface area contributed by atoms with E-state index in [1.807, 2.05) is 13.8 Å². The van der Waals surface area contributed by atoms with Crippen molar-refractivity contribution in [3.63, 3.8) is 0 Å². The van der Waals surface area contributed by atoms with E-state index >= 15 is 0 Å². The lowest BCUT2D eigenvalue weighted by Gasteiger charge is -2.13. The number of alkyl halides is 1. The third-order valence-corrected chi connectivity index (χ3v) is 2.72. The average molecular weight is 276 g/mol. The van der Waals surface area contributed by atoms with E-state index in [9.17, 15) is 13.6 Å². The summed E-state index contributed by atoms with van der Waals surface area (Å²) in [6, 6.07) is 2.84. The highest BCUT2D eigenvalue weighted by Gasteiger charge is 2.14. The SMILES string of the molecule is CC(C)CC(Cl)CNC(=O)c1ccc(F)cc1F. The molecule has 1 aromatic carbocycles. The van der Waals surface area contributed by atoms with Gasteiger partial charge in [0.25, 0.3) is 5.91 Å². The number of rotatable bonds is 5. The van der Waals surface area contributed by atoms with Crippen LogP contribution in [-0.2, 0) is 0 Å². The van der Waals surface area contributed by atoms with Gasteiger partial charge >= 0.3 is 0 Å². The molecule has 100 valence electrons. The van der Waals surface area contributed by atoms with Crippen LogP contribution in [0, 0.1) is 17.6 Å². The van der Waals surface area contributed by atoms with E-state index in [4.69, 9.17) is 11.6 Å². The van der Waals surface area contributed by atoms with Crippen molar-refractivity contribution in [3.8, 4) is 0 Å². The number of hydrogen-bond donors (Lipinski definition) is 1. The second-order valence-electron chi connectivity index (χ2n) is 4.56. The van der Waals surface area contributed by atoms with E-state index in [1.165, 1.54) is 0 Å². The van der Waals surface area contributed by atoms with Crippen LogP contribution in [0.3, 0.4) is 0 Å². The molecule has 0 aliphatic heterocycles. The lowest BCUT2D eigenvalue weighted by Crippen LogP contribution is -2.31. The highest BCUT2D eigenvalue weighted by Crippen LogP contribution is 2.11. The van der Waals surface area contributed by atoms with Gasteiger partial charge in [-0.05, 0) is 24.5 Å². The maximum atomic E-state index is 13.3. The second-order valence-corrected chi connectivity index (χ2v) is 5.18. The van der Waals surface area contributed by atoms with Crippen molar-refractivity contribution in [1.29, 1.82) is 0 Å². The fourth-order valence-electron chi connectivity index (χ4n) is 1.57. The van der Waals surface area contributed by atoms with Crippen molar-refractivity contribution >= 4 is 17.5 Å². The quantitative estimate of drug-likeness (QED) is 0.821. The molecule has 18 heavy (non-hydrogen) atoms. The van der Waals surface area contributed by atoms with Gasteiger partial charge in [-0.3, -0.25) is 4.79 Å². The Hall–Kier alpha value is -1.16. The minimum atomic E-state index is -0.873. The molecule has 1 aromatic rings. The smallest absolute Gasteiger partial charge is 0.254 e. The van der Waals surface area contributed by atoms with Crippen LogP contribution in [0.5, 0.6) is 0 Å². The van der Waals surface area contributed by atoms with Crippen LogP contribution in [0.1, 0.15) is 30.6 Å². The molecule has 0 saturated heterocycles. The van der Waals surface area contributed by atoms with Crippen LogP contribution in [0.2, 0.25) is 0 Å². The van der Waals surface area contributed by atoms with Crippen molar-refractivity contribution in [2.45, 2.75) is 25.6 Å². The number of carbonyl (C=O) groups excluding carboxylic acids is 1. The summed E-state index contributed by atoms with van der Waals surface area (Å²) >= 11 is 6.00. The predicted octanol–water partition coefficient (Wildman–Crippen LogP) is 3.35. The Labute approximate surface area is 110 Å². The maximum Gasteiger partial charge on any atom is 0.254 e. The first-order valence-electron chi connectivity index (χ1n) is 5.77. The number of hydrogen-bond acceptors (Lipinski definition) is 1. The van der Waals surface area contributed by atoms with E-state index < -0.39 is 17.5 Å². The van der Waals surface area contributed by atoms with Crippen molar-refractivity contribution < 1.29 is 13.6 Å². The number of carbonyl (C=O) groups is 1. The lowest BCUT2D eigenvalue weighted by atomic mass is 10.1. The van der Waals surface area contributed by atoms with Crippen molar-refractivity contribution in [1.82, 2.24) is 5.32 Å². The van der Waals surface area contributed by atoms with Crippen LogP contribution in [0.25, 0.3) is 0 Å². The Morgan fingerprint density at radius 1 is 1.39 bits per heavy atom. The first kappa shape index (κ1) is 14.9. The number of nitrogens with one attached hydrogen (secondary N) is 1. The summed E-state index contributed by atoms with van der Waals surface area (Å²) < 4.78 is 26.0. The maximum absolute atomic E-state index is 13.3.